The van der Waals surface area contributed by atoms with E-state index in [1.165, 1.54) is 13.2 Å². The predicted octanol–water partition coefficient (Wildman–Crippen LogP) is 2.64. The van der Waals surface area contributed by atoms with E-state index in [1.807, 2.05) is 13.8 Å². The number of benzene rings is 1. The molecule has 0 aliphatic rings. The Hall–Kier alpha value is -1.33. The van der Waals surface area contributed by atoms with Crippen LogP contribution in [0, 0.1) is 11.2 Å². The number of hydrogen-bond acceptors (Lipinski definition) is 3. The van der Waals surface area contributed by atoms with Crippen molar-refractivity contribution in [2.75, 3.05) is 13.7 Å². The molecule has 0 saturated heterocycles. The Morgan fingerprint density at radius 2 is 2.00 bits per heavy atom. The number of rotatable bonds is 7. The molecule has 0 radical (unpaired) electrons. The average Bonchev–Trinajstić information content (AvgIpc) is 2.47. The second kappa shape index (κ2) is 8.85. The van der Waals surface area contributed by atoms with E-state index in [0.717, 1.165) is 0 Å². The molecule has 1 aromatic rings. The van der Waals surface area contributed by atoms with Crippen molar-refractivity contribution in [2.45, 2.75) is 33.2 Å². The number of halogens is 2. The van der Waals surface area contributed by atoms with Gasteiger partial charge in [-0.05, 0) is 30.5 Å². The van der Waals surface area contributed by atoms with E-state index in [1.54, 1.807) is 12.1 Å². The number of hydrogen-bond donors (Lipinski definition) is 2. The van der Waals surface area contributed by atoms with Gasteiger partial charge in [0, 0.05) is 13.1 Å². The van der Waals surface area contributed by atoms with Gasteiger partial charge in [0.1, 0.15) is 0 Å². The Kier molecular flexibility index (Phi) is 8.29. The molecule has 4 nitrogen and oxygen atoms in total. The average molecular weight is 319 g/mol. The molecule has 0 unspecified atom stereocenters. The van der Waals surface area contributed by atoms with Gasteiger partial charge in [-0.25, -0.2) is 4.39 Å². The first kappa shape index (κ1) is 19.7. The smallest absolute Gasteiger partial charge is 0.227 e. The van der Waals surface area contributed by atoms with Crippen LogP contribution in [0.5, 0.6) is 5.75 Å². The van der Waals surface area contributed by atoms with Crippen LogP contribution < -0.4 is 15.8 Å². The second-order valence-corrected chi connectivity index (χ2v) is 4.84. The fourth-order valence-corrected chi connectivity index (χ4v) is 2.14. The van der Waals surface area contributed by atoms with Gasteiger partial charge in [0.25, 0.3) is 0 Å². The number of ether oxygens (including phenoxy) is 1. The third kappa shape index (κ3) is 4.58. The van der Waals surface area contributed by atoms with E-state index in [9.17, 15) is 9.18 Å². The molecule has 1 amide bonds. The van der Waals surface area contributed by atoms with E-state index >= 15 is 0 Å². The van der Waals surface area contributed by atoms with Crippen LogP contribution >= 0.6 is 12.4 Å². The van der Waals surface area contributed by atoms with E-state index in [-0.39, 0.29) is 30.6 Å². The summed E-state index contributed by atoms with van der Waals surface area (Å²) >= 11 is 0. The zero-order valence-corrected chi connectivity index (χ0v) is 13.6. The molecule has 0 atom stereocenters. The molecule has 0 aliphatic heterocycles. The first-order valence-corrected chi connectivity index (χ1v) is 6.83. The molecule has 21 heavy (non-hydrogen) atoms. The van der Waals surface area contributed by atoms with Gasteiger partial charge in [-0.2, -0.15) is 0 Å². The van der Waals surface area contributed by atoms with Crippen LogP contribution in [-0.4, -0.2) is 19.6 Å². The Bertz CT molecular complexity index is 457. The highest BCUT2D eigenvalue weighted by molar-refractivity contribution is 5.85. The molecule has 0 heterocycles. The standard InChI is InChI=1S/C15H23FN2O2.ClH/c1-4-15(5-2,10-17)14(19)18-9-11-6-7-13(20-3)12(16)8-11;/h6-8H,4-5,9-10,17H2,1-3H3,(H,18,19);1H. The molecule has 0 fully saturated rings. The van der Waals surface area contributed by atoms with Crippen molar-refractivity contribution in [2.24, 2.45) is 11.1 Å². The molecule has 0 spiro atoms. The van der Waals surface area contributed by atoms with Crippen molar-refractivity contribution in [1.82, 2.24) is 5.32 Å². The zero-order valence-electron chi connectivity index (χ0n) is 12.7. The lowest BCUT2D eigenvalue weighted by Crippen LogP contribution is -2.45. The second-order valence-electron chi connectivity index (χ2n) is 4.84. The first-order valence-electron chi connectivity index (χ1n) is 6.83. The zero-order chi connectivity index (χ0) is 15.2. The van der Waals surface area contributed by atoms with Gasteiger partial charge in [0.2, 0.25) is 5.91 Å². The first-order chi connectivity index (χ1) is 9.52. The Labute approximate surface area is 131 Å². The van der Waals surface area contributed by atoms with Crippen molar-refractivity contribution in [3.05, 3.63) is 29.6 Å². The fraction of sp³-hybridized carbons (Fsp3) is 0.533. The Morgan fingerprint density at radius 1 is 1.38 bits per heavy atom. The summed E-state index contributed by atoms with van der Waals surface area (Å²) in [5.41, 5.74) is 5.88. The van der Waals surface area contributed by atoms with Gasteiger partial charge < -0.3 is 15.8 Å². The topological polar surface area (TPSA) is 64.4 Å². The predicted molar refractivity (Wildman–Crippen MR) is 84.1 cm³/mol. The lowest BCUT2D eigenvalue weighted by atomic mass is 9.81. The number of carbonyl (C=O) groups is 1. The molecular weight excluding hydrogens is 295 g/mol. The van der Waals surface area contributed by atoms with Crippen LogP contribution in [0.1, 0.15) is 32.3 Å². The van der Waals surface area contributed by atoms with Crippen LogP contribution in [0.2, 0.25) is 0 Å². The van der Waals surface area contributed by atoms with E-state index in [0.29, 0.717) is 24.9 Å². The summed E-state index contributed by atoms with van der Waals surface area (Å²) in [5.74, 6) is -0.324. The van der Waals surface area contributed by atoms with Crippen molar-refractivity contribution >= 4 is 18.3 Å². The number of amides is 1. The van der Waals surface area contributed by atoms with Crippen molar-refractivity contribution < 1.29 is 13.9 Å². The number of nitrogens with two attached hydrogens (primary N) is 1. The maximum atomic E-state index is 13.5. The summed E-state index contributed by atoms with van der Waals surface area (Å²) in [5, 5.41) is 2.83. The van der Waals surface area contributed by atoms with E-state index in [2.05, 4.69) is 5.32 Å². The molecule has 120 valence electrons. The third-order valence-electron chi connectivity index (χ3n) is 3.90. The number of methoxy groups -OCH3 is 1. The van der Waals surface area contributed by atoms with Crippen molar-refractivity contribution in [3.63, 3.8) is 0 Å². The number of carbonyl (C=O) groups excluding carboxylic acids is 1. The van der Waals surface area contributed by atoms with Gasteiger partial charge in [-0.3, -0.25) is 4.79 Å². The fourth-order valence-electron chi connectivity index (χ4n) is 2.14. The molecular formula is C15H24ClFN2O2. The lowest BCUT2D eigenvalue weighted by Gasteiger charge is -2.28. The van der Waals surface area contributed by atoms with Crippen molar-refractivity contribution in [1.29, 1.82) is 0 Å². The summed E-state index contributed by atoms with van der Waals surface area (Å²) in [7, 11) is 1.41. The minimum atomic E-state index is -0.537. The minimum Gasteiger partial charge on any atom is -0.494 e. The normalized spacial score (nSPS) is 10.7. The van der Waals surface area contributed by atoms with Gasteiger partial charge in [0.05, 0.1) is 12.5 Å². The van der Waals surface area contributed by atoms with Gasteiger partial charge in [-0.15, -0.1) is 12.4 Å². The molecule has 0 aliphatic carbocycles. The maximum Gasteiger partial charge on any atom is 0.227 e. The molecule has 3 N–H and O–H groups in total. The van der Waals surface area contributed by atoms with Crippen molar-refractivity contribution in [3.8, 4) is 5.75 Å². The molecule has 0 bridgehead atoms. The van der Waals surface area contributed by atoms with E-state index < -0.39 is 11.2 Å². The van der Waals surface area contributed by atoms with Crippen LogP contribution in [-0.2, 0) is 11.3 Å². The third-order valence-corrected chi connectivity index (χ3v) is 3.90. The Morgan fingerprint density at radius 3 is 2.43 bits per heavy atom. The number of nitrogens with one attached hydrogen (secondary N) is 1. The highest BCUT2D eigenvalue weighted by atomic mass is 35.5. The van der Waals surface area contributed by atoms with Gasteiger partial charge in [0.15, 0.2) is 11.6 Å². The Balaban J connectivity index is 0.00000400. The van der Waals surface area contributed by atoms with Gasteiger partial charge in [-0.1, -0.05) is 19.9 Å². The maximum absolute atomic E-state index is 13.5. The largest absolute Gasteiger partial charge is 0.494 e. The molecule has 6 heteroatoms. The monoisotopic (exact) mass is 318 g/mol. The van der Waals surface area contributed by atoms with E-state index in [4.69, 9.17) is 10.5 Å². The van der Waals surface area contributed by atoms with Gasteiger partial charge >= 0.3 is 0 Å². The molecule has 1 rings (SSSR count). The highest BCUT2D eigenvalue weighted by Gasteiger charge is 2.32. The SMILES string of the molecule is CCC(CC)(CN)C(=O)NCc1ccc(OC)c(F)c1.Cl. The molecule has 0 aromatic heterocycles. The summed E-state index contributed by atoms with van der Waals surface area (Å²) in [6.45, 7) is 4.48. The van der Waals surface area contributed by atoms with Crippen LogP contribution in [0.15, 0.2) is 18.2 Å². The molecule has 1 aromatic carbocycles. The van der Waals surface area contributed by atoms with Crippen LogP contribution in [0.4, 0.5) is 4.39 Å². The highest BCUT2D eigenvalue weighted by Crippen LogP contribution is 2.25. The summed E-state index contributed by atoms with van der Waals surface area (Å²) in [6.07, 6.45) is 1.37. The summed E-state index contributed by atoms with van der Waals surface area (Å²) in [6, 6.07) is 4.64. The van der Waals surface area contributed by atoms with Crippen LogP contribution in [0.25, 0.3) is 0 Å². The summed E-state index contributed by atoms with van der Waals surface area (Å²) < 4.78 is 18.4. The quantitative estimate of drug-likeness (QED) is 0.812. The minimum absolute atomic E-state index is 0. The lowest BCUT2D eigenvalue weighted by molar-refractivity contribution is -0.131. The van der Waals surface area contributed by atoms with Crippen LogP contribution in [0.3, 0.4) is 0 Å². The summed E-state index contributed by atoms with van der Waals surface area (Å²) in [4.78, 5) is 12.2. The molecule has 0 saturated carbocycles.